The highest BCUT2D eigenvalue weighted by molar-refractivity contribution is 9.10. The Hall–Kier alpha value is -2.49. The van der Waals surface area contributed by atoms with Gasteiger partial charge in [-0.2, -0.15) is 0 Å². The number of carbonyl (C=O) groups is 2. The Kier molecular flexibility index (Phi) is 7.64. The van der Waals surface area contributed by atoms with Crippen molar-refractivity contribution in [3.63, 3.8) is 0 Å². The molecule has 31 heavy (non-hydrogen) atoms. The highest BCUT2D eigenvalue weighted by Crippen LogP contribution is 2.38. The molecule has 2 aromatic rings. The molecule has 1 fully saturated rings. The van der Waals surface area contributed by atoms with Crippen molar-refractivity contribution in [2.45, 2.75) is 13.8 Å². The van der Waals surface area contributed by atoms with Gasteiger partial charge in [-0.15, -0.1) is 0 Å². The average molecular weight is 525 g/mol. The number of benzene rings is 2. The predicted octanol–water partition coefficient (Wildman–Crippen LogP) is 4.57. The van der Waals surface area contributed by atoms with Crippen LogP contribution >= 0.6 is 39.3 Å². The van der Waals surface area contributed by atoms with Gasteiger partial charge in [-0.1, -0.05) is 11.6 Å². The lowest BCUT2D eigenvalue weighted by molar-refractivity contribution is -0.120. The first-order chi connectivity index (χ1) is 14.8. The standard InChI is InChI=1S/C21H19BrClN3O4S/c1-3-29-16-8-12(7-14(22)19(16)30-10-18(24)27)9-17-20(28)26-21(31-17)25-15-5-4-13(23)6-11(15)2/h4-9H,3,10H2,1-2H3,(H2,24,27)(H,25,26,28)/b17-9-. The van der Waals surface area contributed by atoms with Crippen molar-refractivity contribution >= 4 is 68.0 Å². The van der Waals surface area contributed by atoms with E-state index in [4.69, 9.17) is 26.8 Å². The van der Waals surface area contributed by atoms with E-state index in [1.165, 1.54) is 11.8 Å². The number of carbonyl (C=O) groups excluding carboxylic acids is 2. The van der Waals surface area contributed by atoms with Crippen LogP contribution in [-0.4, -0.2) is 30.2 Å². The first-order valence-corrected chi connectivity index (χ1v) is 11.2. The second kappa shape index (κ2) is 10.2. The molecule has 1 aliphatic heterocycles. The van der Waals surface area contributed by atoms with Crippen LogP contribution in [0.3, 0.4) is 0 Å². The van der Waals surface area contributed by atoms with Gasteiger partial charge in [0.15, 0.2) is 23.3 Å². The fourth-order valence-electron chi connectivity index (χ4n) is 2.70. The van der Waals surface area contributed by atoms with Gasteiger partial charge in [0.2, 0.25) is 0 Å². The Balaban J connectivity index is 1.87. The number of primary amides is 1. The van der Waals surface area contributed by atoms with Crippen LogP contribution in [0.5, 0.6) is 11.5 Å². The van der Waals surface area contributed by atoms with Crippen LogP contribution in [0.15, 0.2) is 44.7 Å². The van der Waals surface area contributed by atoms with Gasteiger partial charge in [-0.25, -0.2) is 4.99 Å². The Morgan fingerprint density at radius 1 is 1.32 bits per heavy atom. The molecule has 0 atom stereocenters. The second-order valence-corrected chi connectivity index (χ2v) is 8.75. The van der Waals surface area contributed by atoms with E-state index in [-0.39, 0.29) is 12.5 Å². The number of hydrogen-bond donors (Lipinski definition) is 2. The minimum Gasteiger partial charge on any atom is -0.490 e. The number of hydrogen-bond acceptors (Lipinski definition) is 6. The summed E-state index contributed by atoms with van der Waals surface area (Å²) in [6, 6.07) is 8.85. The maximum Gasteiger partial charge on any atom is 0.264 e. The molecule has 162 valence electrons. The summed E-state index contributed by atoms with van der Waals surface area (Å²) in [7, 11) is 0. The molecule has 0 aliphatic carbocycles. The summed E-state index contributed by atoms with van der Waals surface area (Å²) in [6.45, 7) is 3.85. The summed E-state index contributed by atoms with van der Waals surface area (Å²) < 4.78 is 11.6. The van der Waals surface area contributed by atoms with Gasteiger partial charge < -0.3 is 20.5 Å². The average Bonchev–Trinajstić information content (AvgIpc) is 3.02. The molecule has 3 rings (SSSR count). The Morgan fingerprint density at radius 3 is 2.77 bits per heavy atom. The predicted molar refractivity (Wildman–Crippen MR) is 127 cm³/mol. The number of amidine groups is 1. The number of aliphatic imine (C=N–C) groups is 1. The molecule has 0 spiro atoms. The van der Waals surface area contributed by atoms with E-state index in [0.29, 0.717) is 43.2 Å². The number of ether oxygens (including phenoxy) is 2. The minimum absolute atomic E-state index is 0.251. The fourth-order valence-corrected chi connectivity index (χ4v) is 4.34. The van der Waals surface area contributed by atoms with Gasteiger partial charge >= 0.3 is 0 Å². The van der Waals surface area contributed by atoms with Gasteiger partial charge in [-0.05, 0) is 89.1 Å². The van der Waals surface area contributed by atoms with Gasteiger partial charge in [0, 0.05) is 5.02 Å². The molecule has 1 saturated heterocycles. The summed E-state index contributed by atoms with van der Waals surface area (Å²) in [4.78, 5) is 28.5. The van der Waals surface area contributed by atoms with Gasteiger partial charge in [0.05, 0.1) is 21.7 Å². The van der Waals surface area contributed by atoms with E-state index in [0.717, 1.165) is 11.3 Å². The molecular weight excluding hydrogens is 506 g/mol. The van der Waals surface area contributed by atoms with Crippen LogP contribution in [0.25, 0.3) is 6.08 Å². The quantitative estimate of drug-likeness (QED) is 0.517. The zero-order valence-corrected chi connectivity index (χ0v) is 19.9. The van der Waals surface area contributed by atoms with Crippen LogP contribution in [0.4, 0.5) is 5.69 Å². The zero-order chi connectivity index (χ0) is 22.5. The maximum atomic E-state index is 12.4. The summed E-state index contributed by atoms with van der Waals surface area (Å²) >= 11 is 10.6. The lowest BCUT2D eigenvalue weighted by atomic mass is 10.2. The molecule has 0 radical (unpaired) electrons. The largest absolute Gasteiger partial charge is 0.490 e. The van der Waals surface area contributed by atoms with Crippen molar-refractivity contribution in [3.8, 4) is 11.5 Å². The third-order valence-corrected chi connectivity index (χ3v) is 5.75. The third kappa shape index (κ3) is 6.03. The monoisotopic (exact) mass is 523 g/mol. The topological polar surface area (TPSA) is 103 Å². The van der Waals surface area contributed by atoms with Gasteiger partial charge in [0.25, 0.3) is 11.8 Å². The molecule has 1 aliphatic rings. The summed E-state index contributed by atoms with van der Waals surface area (Å²) in [5.41, 5.74) is 7.50. The summed E-state index contributed by atoms with van der Waals surface area (Å²) in [5.74, 6) is -0.0494. The van der Waals surface area contributed by atoms with Crippen LogP contribution in [0, 0.1) is 6.92 Å². The molecule has 10 heteroatoms. The van der Waals surface area contributed by atoms with Gasteiger partial charge in [0.1, 0.15) is 0 Å². The van der Waals surface area contributed by atoms with E-state index in [2.05, 4.69) is 26.2 Å². The number of nitrogens with one attached hydrogen (secondary N) is 1. The number of nitrogens with zero attached hydrogens (tertiary/aromatic N) is 1. The molecule has 3 N–H and O–H groups in total. The first-order valence-electron chi connectivity index (χ1n) is 9.20. The van der Waals surface area contributed by atoms with E-state index >= 15 is 0 Å². The Morgan fingerprint density at radius 2 is 2.10 bits per heavy atom. The molecule has 0 saturated carbocycles. The lowest BCUT2D eigenvalue weighted by Crippen LogP contribution is -2.20. The van der Waals surface area contributed by atoms with Crippen molar-refractivity contribution in [1.29, 1.82) is 0 Å². The molecule has 1 heterocycles. The van der Waals surface area contributed by atoms with Crippen LogP contribution < -0.4 is 20.5 Å². The SMILES string of the molecule is CCOc1cc(/C=C2\SC(=Nc3ccc(Cl)cc3C)NC2=O)cc(Br)c1OCC(N)=O. The lowest BCUT2D eigenvalue weighted by Gasteiger charge is -2.13. The maximum absolute atomic E-state index is 12.4. The highest BCUT2D eigenvalue weighted by atomic mass is 79.9. The number of halogens is 2. The first kappa shape index (κ1) is 23.2. The molecule has 0 aromatic heterocycles. The van der Waals surface area contributed by atoms with Crippen molar-refractivity contribution in [1.82, 2.24) is 5.32 Å². The zero-order valence-electron chi connectivity index (χ0n) is 16.7. The molecular formula is C21H19BrClN3O4S. The van der Waals surface area contributed by atoms with E-state index in [1.807, 2.05) is 19.9 Å². The van der Waals surface area contributed by atoms with Gasteiger partial charge in [-0.3, -0.25) is 9.59 Å². The second-order valence-electron chi connectivity index (χ2n) is 6.43. The van der Waals surface area contributed by atoms with Crippen molar-refractivity contribution in [3.05, 3.63) is 55.9 Å². The van der Waals surface area contributed by atoms with E-state index < -0.39 is 5.91 Å². The van der Waals surface area contributed by atoms with Crippen LogP contribution in [0.2, 0.25) is 5.02 Å². The third-order valence-electron chi connectivity index (χ3n) is 4.02. The molecule has 2 aromatic carbocycles. The molecule has 0 unspecified atom stereocenters. The van der Waals surface area contributed by atoms with Crippen LogP contribution in [0.1, 0.15) is 18.1 Å². The minimum atomic E-state index is -0.595. The number of nitrogens with two attached hydrogens (primary N) is 1. The number of amides is 2. The normalized spacial score (nSPS) is 15.9. The molecule has 2 amide bonds. The van der Waals surface area contributed by atoms with E-state index in [1.54, 1.807) is 30.3 Å². The van der Waals surface area contributed by atoms with Crippen molar-refractivity contribution in [2.75, 3.05) is 13.2 Å². The fraction of sp³-hybridized carbons (Fsp3) is 0.190. The van der Waals surface area contributed by atoms with Crippen molar-refractivity contribution < 1.29 is 19.1 Å². The Bertz CT molecular complexity index is 1100. The molecule has 0 bridgehead atoms. The smallest absolute Gasteiger partial charge is 0.264 e. The number of thioether (sulfide) groups is 1. The Labute approximate surface area is 197 Å². The van der Waals surface area contributed by atoms with Crippen molar-refractivity contribution in [2.24, 2.45) is 10.7 Å². The van der Waals surface area contributed by atoms with E-state index in [9.17, 15) is 9.59 Å². The molecule has 7 nitrogen and oxygen atoms in total. The number of rotatable bonds is 7. The number of aryl methyl sites for hydroxylation is 1. The van der Waals surface area contributed by atoms with Crippen LogP contribution in [-0.2, 0) is 9.59 Å². The highest BCUT2D eigenvalue weighted by Gasteiger charge is 2.24. The summed E-state index contributed by atoms with van der Waals surface area (Å²) in [5, 5.41) is 3.87. The summed E-state index contributed by atoms with van der Waals surface area (Å²) in [6.07, 6.45) is 1.72.